The minimum atomic E-state index is -0.208. The first-order valence-corrected chi connectivity index (χ1v) is 7.28. The van der Waals surface area contributed by atoms with E-state index >= 15 is 0 Å². The number of nitrogens with zero attached hydrogens (tertiary/aromatic N) is 2. The van der Waals surface area contributed by atoms with Crippen molar-refractivity contribution in [2.24, 2.45) is 5.92 Å². The summed E-state index contributed by atoms with van der Waals surface area (Å²) in [5, 5.41) is 2.87. The first-order valence-electron chi connectivity index (χ1n) is 7.28. The van der Waals surface area contributed by atoms with E-state index in [-0.39, 0.29) is 17.7 Å². The Kier molecular flexibility index (Phi) is 4.18. The molecule has 0 spiro atoms. The largest absolute Gasteiger partial charge is 0.459 e. The summed E-state index contributed by atoms with van der Waals surface area (Å²) in [5.41, 5.74) is 0.717. The first-order chi connectivity index (χ1) is 10.7. The van der Waals surface area contributed by atoms with E-state index in [0.717, 1.165) is 18.5 Å². The molecule has 2 aromatic heterocycles. The average Bonchev–Trinajstić information content (AvgIpc) is 3.09. The molecular formula is C16H17N3O3. The van der Waals surface area contributed by atoms with E-state index in [1.165, 1.54) is 6.26 Å². The third kappa shape index (κ3) is 3.16. The van der Waals surface area contributed by atoms with Crippen LogP contribution < -0.4 is 5.32 Å². The zero-order valence-corrected chi connectivity index (χ0v) is 12.1. The number of hydrogen-bond acceptors (Lipinski definition) is 4. The predicted octanol–water partition coefficient (Wildman–Crippen LogP) is 2.17. The SMILES string of the molecule is O=C(Nc1ccncc1)[C@@H]1CCCN(C(=O)c2ccco2)C1. The van der Waals surface area contributed by atoms with Crippen molar-refractivity contribution in [3.63, 3.8) is 0 Å². The zero-order chi connectivity index (χ0) is 15.4. The third-order valence-corrected chi connectivity index (χ3v) is 3.76. The van der Waals surface area contributed by atoms with E-state index in [9.17, 15) is 9.59 Å². The minimum absolute atomic E-state index is 0.0665. The van der Waals surface area contributed by atoms with Crippen molar-refractivity contribution in [3.05, 3.63) is 48.7 Å². The molecule has 1 N–H and O–H groups in total. The second-order valence-electron chi connectivity index (χ2n) is 5.29. The quantitative estimate of drug-likeness (QED) is 0.942. The van der Waals surface area contributed by atoms with Gasteiger partial charge in [-0.3, -0.25) is 14.6 Å². The van der Waals surface area contributed by atoms with Crippen LogP contribution in [0.15, 0.2) is 47.3 Å². The first kappa shape index (κ1) is 14.3. The van der Waals surface area contributed by atoms with E-state index in [0.29, 0.717) is 18.8 Å². The topological polar surface area (TPSA) is 75.4 Å². The van der Waals surface area contributed by atoms with E-state index < -0.39 is 0 Å². The lowest BCUT2D eigenvalue weighted by molar-refractivity contribution is -0.121. The molecule has 3 rings (SSSR count). The summed E-state index contributed by atoms with van der Waals surface area (Å²) in [4.78, 5) is 30.2. The minimum Gasteiger partial charge on any atom is -0.459 e. The van der Waals surface area contributed by atoms with Gasteiger partial charge in [0.1, 0.15) is 0 Å². The number of likely N-dealkylation sites (tertiary alicyclic amines) is 1. The van der Waals surface area contributed by atoms with Gasteiger partial charge in [0.15, 0.2) is 5.76 Å². The van der Waals surface area contributed by atoms with Gasteiger partial charge in [0.2, 0.25) is 5.91 Å². The molecule has 0 aliphatic carbocycles. The maximum atomic E-state index is 12.3. The summed E-state index contributed by atoms with van der Waals surface area (Å²) < 4.78 is 5.14. The molecule has 0 saturated carbocycles. The molecule has 2 aromatic rings. The lowest BCUT2D eigenvalue weighted by Crippen LogP contribution is -2.43. The molecule has 6 nitrogen and oxygen atoms in total. The maximum absolute atomic E-state index is 12.3. The highest BCUT2D eigenvalue weighted by atomic mass is 16.3. The average molecular weight is 299 g/mol. The van der Waals surface area contributed by atoms with E-state index in [2.05, 4.69) is 10.3 Å². The highest BCUT2D eigenvalue weighted by molar-refractivity contribution is 5.94. The Morgan fingerprint density at radius 3 is 2.82 bits per heavy atom. The smallest absolute Gasteiger partial charge is 0.289 e. The molecule has 1 aliphatic heterocycles. The van der Waals surface area contributed by atoms with Crippen LogP contribution in [0, 0.1) is 5.92 Å². The molecule has 0 radical (unpaired) electrons. The van der Waals surface area contributed by atoms with Gasteiger partial charge in [-0.15, -0.1) is 0 Å². The van der Waals surface area contributed by atoms with E-state index in [1.807, 2.05) is 0 Å². The number of nitrogens with one attached hydrogen (secondary N) is 1. The van der Waals surface area contributed by atoms with Gasteiger partial charge >= 0.3 is 0 Å². The molecule has 6 heteroatoms. The van der Waals surface area contributed by atoms with Gasteiger partial charge in [-0.05, 0) is 37.1 Å². The van der Waals surface area contributed by atoms with Crippen molar-refractivity contribution >= 4 is 17.5 Å². The van der Waals surface area contributed by atoms with Gasteiger partial charge in [0, 0.05) is 31.2 Å². The van der Waals surface area contributed by atoms with E-state index in [4.69, 9.17) is 4.42 Å². The molecule has 114 valence electrons. The van der Waals surface area contributed by atoms with Gasteiger partial charge in [-0.25, -0.2) is 0 Å². The molecule has 0 bridgehead atoms. The molecule has 22 heavy (non-hydrogen) atoms. The van der Waals surface area contributed by atoms with Crippen LogP contribution >= 0.6 is 0 Å². The lowest BCUT2D eigenvalue weighted by Gasteiger charge is -2.31. The highest BCUT2D eigenvalue weighted by Gasteiger charge is 2.29. The van der Waals surface area contributed by atoms with Crippen LogP contribution in [0.4, 0.5) is 5.69 Å². The summed E-state index contributed by atoms with van der Waals surface area (Å²) in [6.07, 6.45) is 6.32. The molecule has 0 aromatic carbocycles. The fourth-order valence-electron chi connectivity index (χ4n) is 2.61. The summed E-state index contributed by atoms with van der Waals surface area (Å²) in [5.74, 6) is -0.120. The lowest BCUT2D eigenvalue weighted by atomic mass is 9.97. The predicted molar refractivity (Wildman–Crippen MR) is 80.2 cm³/mol. The number of aromatic nitrogens is 1. The summed E-state index contributed by atoms with van der Waals surface area (Å²) in [6.45, 7) is 1.06. The highest BCUT2D eigenvalue weighted by Crippen LogP contribution is 2.20. The van der Waals surface area contributed by atoms with Crippen LogP contribution in [0.3, 0.4) is 0 Å². The number of anilines is 1. The number of hydrogen-bond donors (Lipinski definition) is 1. The molecule has 1 atom stereocenters. The van der Waals surface area contributed by atoms with Crippen molar-refractivity contribution in [3.8, 4) is 0 Å². The Morgan fingerprint density at radius 1 is 1.27 bits per heavy atom. The van der Waals surface area contributed by atoms with Crippen molar-refractivity contribution in [1.82, 2.24) is 9.88 Å². The van der Waals surface area contributed by atoms with Crippen molar-refractivity contribution < 1.29 is 14.0 Å². The van der Waals surface area contributed by atoms with E-state index in [1.54, 1.807) is 41.6 Å². The number of carbonyl (C=O) groups is 2. The molecule has 0 unspecified atom stereocenters. The Balaban J connectivity index is 1.63. The Bertz CT molecular complexity index is 640. The van der Waals surface area contributed by atoms with Crippen LogP contribution in [0.1, 0.15) is 23.4 Å². The molecule has 3 heterocycles. The van der Waals surface area contributed by atoms with Crippen LogP contribution in [0.25, 0.3) is 0 Å². The Morgan fingerprint density at radius 2 is 2.09 bits per heavy atom. The fourth-order valence-corrected chi connectivity index (χ4v) is 2.61. The standard InChI is InChI=1S/C16H17N3O3/c20-15(18-13-5-7-17-8-6-13)12-3-1-9-19(11-12)16(21)14-4-2-10-22-14/h2,4-8,10,12H,1,3,9,11H2,(H,17,18,20)/t12-/m1/s1. The monoisotopic (exact) mass is 299 g/mol. The molecule has 1 fully saturated rings. The number of amides is 2. The zero-order valence-electron chi connectivity index (χ0n) is 12.1. The third-order valence-electron chi connectivity index (χ3n) is 3.76. The van der Waals surface area contributed by atoms with Crippen molar-refractivity contribution in [2.75, 3.05) is 18.4 Å². The van der Waals surface area contributed by atoms with Gasteiger partial charge in [0.25, 0.3) is 5.91 Å². The van der Waals surface area contributed by atoms with Crippen LogP contribution in [0.2, 0.25) is 0 Å². The normalized spacial score (nSPS) is 18.0. The molecule has 1 aliphatic rings. The van der Waals surface area contributed by atoms with Crippen molar-refractivity contribution in [1.29, 1.82) is 0 Å². The molecular weight excluding hydrogens is 282 g/mol. The van der Waals surface area contributed by atoms with Gasteiger partial charge in [-0.2, -0.15) is 0 Å². The second kappa shape index (κ2) is 6.43. The summed E-state index contributed by atoms with van der Waals surface area (Å²) in [6, 6.07) is 6.81. The van der Waals surface area contributed by atoms with Crippen LogP contribution in [-0.2, 0) is 4.79 Å². The summed E-state index contributed by atoms with van der Waals surface area (Å²) in [7, 11) is 0. The van der Waals surface area contributed by atoms with Gasteiger partial charge < -0.3 is 14.6 Å². The van der Waals surface area contributed by atoms with Crippen LogP contribution in [-0.4, -0.2) is 34.8 Å². The van der Waals surface area contributed by atoms with Gasteiger partial charge in [0.05, 0.1) is 12.2 Å². The number of pyridine rings is 1. The number of furan rings is 1. The Labute approximate surface area is 128 Å². The maximum Gasteiger partial charge on any atom is 0.289 e. The number of piperidine rings is 1. The number of carbonyl (C=O) groups excluding carboxylic acids is 2. The number of rotatable bonds is 3. The van der Waals surface area contributed by atoms with Crippen molar-refractivity contribution in [2.45, 2.75) is 12.8 Å². The Hall–Kier alpha value is -2.63. The fraction of sp³-hybridized carbons (Fsp3) is 0.312. The summed E-state index contributed by atoms with van der Waals surface area (Å²) >= 11 is 0. The van der Waals surface area contributed by atoms with Gasteiger partial charge in [-0.1, -0.05) is 0 Å². The molecule has 2 amide bonds. The molecule has 1 saturated heterocycles. The second-order valence-corrected chi connectivity index (χ2v) is 5.29. The van der Waals surface area contributed by atoms with Crippen LogP contribution in [0.5, 0.6) is 0 Å².